The van der Waals surface area contributed by atoms with Crippen LogP contribution in [0.25, 0.3) is 64.0 Å². The molecule has 0 atom stereocenters. The lowest BCUT2D eigenvalue weighted by Gasteiger charge is -2.10. The summed E-state index contributed by atoms with van der Waals surface area (Å²) < 4.78 is 2.65. The second-order valence-electron chi connectivity index (χ2n) is 10.4. The van der Waals surface area contributed by atoms with Crippen LogP contribution in [0.5, 0.6) is 0 Å². The van der Waals surface area contributed by atoms with Crippen LogP contribution in [-0.4, -0.2) is 0 Å². The maximum absolute atomic E-state index is 3.60. The normalized spacial score (nSPS) is 11.5. The highest BCUT2D eigenvalue weighted by Crippen LogP contribution is 2.36. The average Bonchev–Trinajstić information content (AvgIpc) is 3.39. The minimum atomic E-state index is 1.09. The van der Waals surface area contributed by atoms with E-state index in [1.165, 1.54) is 64.0 Å². The van der Waals surface area contributed by atoms with Gasteiger partial charge in [-0.3, -0.25) is 0 Å². The van der Waals surface area contributed by atoms with Gasteiger partial charge < -0.3 is 5.32 Å². The molecule has 7 aromatic carbocycles. The molecule has 0 aliphatic carbocycles. The largest absolute Gasteiger partial charge is 0.356 e. The van der Waals surface area contributed by atoms with Crippen molar-refractivity contribution in [2.24, 2.45) is 0 Å². The fourth-order valence-corrected chi connectivity index (χ4v) is 6.78. The van der Waals surface area contributed by atoms with E-state index in [2.05, 4.69) is 151 Å². The standard InChI is InChI=1S/C38H25NS/c1-2-6-28-21-30(13-9-25(28)5-1)31-14-11-27-10-12-29(22-32(27)23-31)26-15-17-33(18-16-26)39-34-19-20-38-36(24-34)35-7-3-4-8-37(35)40-38/h1-24,39H. The van der Waals surface area contributed by atoms with Gasteiger partial charge in [0.1, 0.15) is 0 Å². The van der Waals surface area contributed by atoms with Crippen molar-refractivity contribution >= 4 is 64.4 Å². The lowest BCUT2D eigenvalue weighted by atomic mass is 9.96. The van der Waals surface area contributed by atoms with Gasteiger partial charge in [0.25, 0.3) is 0 Å². The minimum absolute atomic E-state index is 1.09. The van der Waals surface area contributed by atoms with Gasteiger partial charge in [-0.05, 0) is 98.4 Å². The Balaban J connectivity index is 1.08. The molecule has 8 rings (SSSR count). The second kappa shape index (κ2) is 9.37. The molecule has 0 aliphatic heterocycles. The lowest BCUT2D eigenvalue weighted by molar-refractivity contribution is 1.56. The molecule has 40 heavy (non-hydrogen) atoms. The Hall–Kier alpha value is -4.92. The topological polar surface area (TPSA) is 12.0 Å². The van der Waals surface area contributed by atoms with Crippen LogP contribution < -0.4 is 5.32 Å². The van der Waals surface area contributed by atoms with E-state index in [4.69, 9.17) is 0 Å². The zero-order chi connectivity index (χ0) is 26.5. The van der Waals surface area contributed by atoms with Gasteiger partial charge in [0, 0.05) is 31.5 Å². The monoisotopic (exact) mass is 527 g/mol. The fraction of sp³-hybridized carbons (Fsp3) is 0. The van der Waals surface area contributed by atoms with Gasteiger partial charge in [-0.25, -0.2) is 0 Å². The third-order valence-corrected chi connectivity index (χ3v) is 8.96. The summed E-state index contributed by atoms with van der Waals surface area (Å²) in [6, 6.07) is 52.8. The van der Waals surface area contributed by atoms with E-state index < -0.39 is 0 Å². The maximum atomic E-state index is 3.60. The number of anilines is 2. The summed E-state index contributed by atoms with van der Waals surface area (Å²) in [5.74, 6) is 0. The van der Waals surface area contributed by atoms with E-state index in [0.29, 0.717) is 0 Å². The molecule has 1 nitrogen and oxygen atoms in total. The van der Waals surface area contributed by atoms with Crippen LogP contribution in [0.15, 0.2) is 146 Å². The van der Waals surface area contributed by atoms with Crippen LogP contribution in [0.2, 0.25) is 0 Å². The Morgan fingerprint density at radius 2 is 0.900 bits per heavy atom. The van der Waals surface area contributed by atoms with Crippen LogP contribution in [0.4, 0.5) is 11.4 Å². The molecular formula is C38H25NS. The molecule has 1 N–H and O–H groups in total. The van der Waals surface area contributed by atoms with Crippen molar-refractivity contribution in [1.82, 2.24) is 0 Å². The van der Waals surface area contributed by atoms with Gasteiger partial charge >= 0.3 is 0 Å². The Labute approximate surface area is 237 Å². The van der Waals surface area contributed by atoms with Crippen LogP contribution in [0.3, 0.4) is 0 Å². The van der Waals surface area contributed by atoms with Gasteiger partial charge in [0.05, 0.1) is 0 Å². The Morgan fingerprint density at radius 1 is 0.350 bits per heavy atom. The van der Waals surface area contributed by atoms with Crippen molar-refractivity contribution in [1.29, 1.82) is 0 Å². The SMILES string of the molecule is c1ccc2cc(-c3ccc4ccc(-c5ccc(Nc6ccc7sc8ccccc8c7c6)cc5)cc4c3)ccc2c1. The summed E-state index contributed by atoms with van der Waals surface area (Å²) in [7, 11) is 0. The molecule has 0 saturated heterocycles. The number of benzene rings is 7. The molecule has 0 bridgehead atoms. The third kappa shape index (κ3) is 4.10. The van der Waals surface area contributed by atoms with E-state index in [9.17, 15) is 0 Å². The second-order valence-corrected chi connectivity index (χ2v) is 11.4. The number of thiophene rings is 1. The number of hydrogen-bond donors (Lipinski definition) is 1. The zero-order valence-corrected chi connectivity index (χ0v) is 22.6. The van der Waals surface area contributed by atoms with E-state index in [0.717, 1.165) is 11.4 Å². The summed E-state index contributed by atoms with van der Waals surface area (Å²) in [6.07, 6.45) is 0. The zero-order valence-electron chi connectivity index (χ0n) is 21.8. The van der Waals surface area contributed by atoms with Crippen LogP contribution in [0, 0.1) is 0 Å². The van der Waals surface area contributed by atoms with Crippen LogP contribution in [0.1, 0.15) is 0 Å². The highest BCUT2D eigenvalue weighted by atomic mass is 32.1. The summed E-state index contributed by atoms with van der Waals surface area (Å²) in [4.78, 5) is 0. The van der Waals surface area contributed by atoms with Crippen molar-refractivity contribution in [2.75, 3.05) is 5.32 Å². The molecular weight excluding hydrogens is 502 g/mol. The minimum Gasteiger partial charge on any atom is -0.356 e. The molecule has 2 heteroatoms. The highest BCUT2D eigenvalue weighted by Gasteiger charge is 2.07. The molecule has 188 valence electrons. The molecule has 1 aromatic heterocycles. The Bertz CT molecular complexity index is 2190. The summed E-state index contributed by atoms with van der Waals surface area (Å²) in [5.41, 5.74) is 7.11. The fourth-order valence-electron chi connectivity index (χ4n) is 5.69. The molecule has 0 unspecified atom stereocenters. The Kier molecular flexibility index (Phi) is 5.39. The molecule has 0 radical (unpaired) electrons. The lowest BCUT2D eigenvalue weighted by Crippen LogP contribution is -1.90. The maximum Gasteiger partial charge on any atom is 0.0391 e. The molecule has 1 heterocycles. The number of hydrogen-bond acceptors (Lipinski definition) is 2. The van der Waals surface area contributed by atoms with E-state index in [1.54, 1.807) is 0 Å². The summed E-state index contributed by atoms with van der Waals surface area (Å²) in [6.45, 7) is 0. The van der Waals surface area contributed by atoms with Gasteiger partial charge in [-0.1, -0.05) is 91.0 Å². The molecule has 0 aliphatic rings. The van der Waals surface area contributed by atoms with Gasteiger partial charge in [0.2, 0.25) is 0 Å². The average molecular weight is 528 g/mol. The van der Waals surface area contributed by atoms with E-state index >= 15 is 0 Å². The first-order valence-corrected chi connectivity index (χ1v) is 14.4. The van der Waals surface area contributed by atoms with Gasteiger partial charge in [-0.2, -0.15) is 0 Å². The van der Waals surface area contributed by atoms with Crippen molar-refractivity contribution in [2.45, 2.75) is 0 Å². The van der Waals surface area contributed by atoms with Crippen LogP contribution >= 0.6 is 11.3 Å². The smallest absolute Gasteiger partial charge is 0.0391 e. The quantitative estimate of drug-likeness (QED) is 0.240. The van der Waals surface area contributed by atoms with Crippen molar-refractivity contribution < 1.29 is 0 Å². The number of fused-ring (bicyclic) bond motifs is 5. The summed E-state index contributed by atoms with van der Waals surface area (Å²) in [5, 5.41) is 11.3. The molecule has 0 saturated carbocycles. The predicted octanol–water partition coefficient (Wildman–Crippen LogP) is 11.4. The summed E-state index contributed by atoms with van der Waals surface area (Å²) >= 11 is 1.85. The first-order chi connectivity index (χ1) is 19.8. The van der Waals surface area contributed by atoms with E-state index in [-0.39, 0.29) is 0 Å². The van der Waals surface area contributed by atoms with Gasteiger partial charge in [-0.15, -0.1) is 11.3 Å². The highest BCUT2D eigenvalue weighted by molar-refractivity contribution is 7.25. The molecule has 0 fully saturated rings. The molecule has 0 amide bonds. The predicted molar refractivity (Wildman–Crippen MR) is 175 cm³/mol. The first-order valence-electron chi connectivity index (χ1n) is 13.6. The van der Waals surface area contributed by atoms with Crippen molar-refractivity contribution in [3.8, 4) is 22.3 Å². The Morgan fingerprint density at radius 3 is 1.68 bits per heavy atom. The van der Waals surface area contributed by atoms with Gasteiger partial charge in [0.15, 0.2) is 0 Å². The van der Waals surface area contributed by atoms with Crippen molar-refractivity contribution in [3.63, 3.8) is 0 Å². The van der Waals surface area contributed by atoms with E-state index in [1.807, 2.05) is 11.3 Å². The number of nitrogens with one attached hydrogen (secondary N) is 1. The van der Waals surface area contributed by atoms with Crippen molar-refractivity contribution in [3.05, 3.63) is 146 Å². The molecule has 8 aromatic rings. The number of rotatable bonds is 4. The third-order valence-electron chi connectivity index (χ3n) is 7.81. The molecule has 0 spiro atoms. The van der Waals surface area contributed by atoms with Crippen LogP contribution in [-0.2, 0) is 0 Å². The first kappa shape index (κ1) is 23.0.